The molecule has 3 aromatic carbocycles. The maximum atomic E-state index is 13.4. The quantitative estimate of drug-likeness (QED) is 0.481. The molecule has 0 heterocycles. The Balaban J connectivity index is 1.86. The smallest absolute Gasteiger partial charge is 0.264 e. The van der Waals surface area contributed by atoms with Gasteiger partial charge in [0, 0.05) is 5.02 Å². The Morgan fingerprint density at radius 1 is 0.970 bits per heavy atom. The van der Waals surface area contributed by atoms with Crippen molar-refractivity contribution in [2.24, 2.45) is 0 Å². The summed E-state index contributed by atoms with van der Waals surface area (Å²) in [7, 11) is -0.937. The van der Waals surface area contributed by atoms with Gasteiger partial charge in [0.2, 0.25) is 5.91 Å². The van der Waals surface area contributed by atoms with Crippen molar-refractivity contribution in [3.8, 4) is 11.5 Å². The summed E-state index contributed by atoms with van der Waals surface area (Å²) in [6.45, 7) is 1.38. The predicted octanol–water partition coefficient (Wildman–Crippen LogP) is 4.43. The van der Waals surface area contributed by atoms with Gasteiger partial charge in [0.25, 0.3) is 10.0 Å². The number of carbonyl (C=O) groups excluding carboxylic acids is 1. The summed E-state index contributed by atoms with van der Waals surface area (Å²) in [5.41, 5.74) is 1.07. The number of nitrogens with zero attached hydrogens (tertiary/aromatic N) is 1. The molecule has 33 heavy (non-hydrogen) atoms. The van der Waals surface area contributed by atoms with Gasteiger partial charge in [-0.05, 0) is 55.0 Å². The van der Waals surface area contributed by atoms with E-state index in [4.69, 9.17) is 21.1 Å². The molecule has 1 atom stereocenters. The highest BCUT2D eigenvalue weighted by Crippen LogP contribution is 2.30. The van der Waals surface area contributed by atoms with Gasteiger partial charge in [-0.3, -0.25) is 9.10 Å². The highest BCUT2D eigenvalue weighted by atomic mass is 35.5. The fourth-order valence-electron chi connectivity index (χ4n) is 3.29. The topological polar surface area (TPSA) is 84.9 Å². The lowest BCUT2D eigenvalue weighted by atomic mass is 10.1. The van der Waals surface area contributed by atoms with E-state index in [2.05, 4.69) is 5.32 Å². The van der Waals surface area contributed by atoms with Crippen LogP contribution in [0, 0.1) is 0 Å². The van der Waals surface area contributed by atoms with E-state index in [1.54, 1.807) is 62.6 Å². The molecule has 0 spiro atoms. The lowest BCUT2D eigenvalue weighted by molar-refractivity contribution is -0.120. The second-order valence-corrected chi connectivity index (χ2v) is 9.51. The van der Waals surface area contributed by atoms with E-state index >= 15 is 0 Å². The number of hydrogen-bond donors (Lipinski definition) is 1. The number of halogens is 1. The summed E-state index contributed by atoms with van der Waals surface area (Å²) in [4.78, 5) is 13.0. The fourth-order valence-corrected chi connectivity index (χ4v) is 4.91. The molecular formula is C24H25ClN2O5S. The molecule has 0 radical (unpaired) electrons. The van der Waals surface area contributed by atoms with Gasteiger partial charge in [-0.25, -0.2) is 8.42 Å². The fraction of sp³-hybridized carbons (Fsp3) is 0.208. The van der Waals surface area contributed by atoms with Crippen molar-refractivity contribution in [2.45, 2.75) is 17.9 Å². The van der Waals surface area contributed by atoms with Crippen LogP contribution >= 0.6 is 11.6 Å². The maximum absolute atomic E-state index is 13.4. The highest BCUT2D eigenvalue weighted by Gasteiger charge is 2.28. The number of amides is 1. The lowest BCUT2D eigenvalue weighted by Crippen LogP contribution is -2.41. The summed E-state index contributed by atoms with van der Waals surface area (Å²) in [6, 6.07) is 19.2. The van der Waals surface area contributed by atoms with Crippen molar-refractivity contribution in [3.63, 3.8) is 0 Å². The third-order valence-electron chi connectivity index (χ3n) is 5.00. The molecule has 0 saturated heterocycles. The third kappa shape index (κ3) is 5.77. The van der Waals surface area contributed by atoms with Crippen LogP contribution in [0.4, 0.5) is 5.69 Å². The average molecular weight is 489 g/mol. The molecule has 0 fully saturated rings. The van der Waals surface area contributed by atoms with Crippen LogP contribution < -0.4 is 19.1 Å². The van der Waals surface area contributed by atoms with Crippen molar-refractivity contribution in [1.82, 2.24) is 5.32 Å². The summed E-state index contributed by atoms with van der Waals surface area (Å²) in [5, 5.41) is 3.21. The van der Waals surface area contributed by atoms with Crippen molar-refractivity contribution < 1.29 is 22.7 Å². The molecule has 0 aromatic heterocycles. The average Bonchev–Trinajstić information content (AvgIpc) is 2.82. The van der Waals surface area contributed by atoms with Gasteiger partial charge in [-0.15, -0.1) is 0 Å². The number of hydrogen-bond acceptors (Lipinski definition) is 5. The number of nitrogens with one attached hydrogen (secondary N) is 1. The van der Waals surface area contributed by atoms with Gasteiger partial charge >= 0.3 is 0 Å². The zero-order chi connectivity index (χ0) is 24.0. The SMILES string of the molecule is COc1ccc([C@H](C)NC(=O)CN(c2cccc(Cl)c2)S(=O)(=O)c2ccccc2)cc1OC. The zero-order valence-corrected chi connectivity index (χ0v) is 20.1. The Morgan fingerprint density at radius 3 is 2.30 bits per heavy atom. The van der Waals surface area contributed by atoms with Crippen LogP contribution in [0.15, 0.2) is 77.7 Å². The van der Waals surface area contributed by atoms with E-state index in [0.29, 0.717) is 22.2 Å². The van der Waals surface area contributed by atoms with Crippen LogP contribution in [0.25, 0.3) is 0 Å². The Hall–Kier alpha value is -3.23. The highest BCUT2D eigenvalue weighted by molar-refractivity contribution is 7.92. The lowest BCUT2D eigenvalue weighted by Gasteiger charge is -2.25. The minimum atomic E-state index is -4.01. The largest absolute Gasteiger partial charge is 0.493 e. The molecule has 174 valence electrons. The number of ether oxygens (including phenoxy) is 2. The summed E-state index contributed by atoms with van der Waals surface area (Å²) < 4.78 is 38.3. The first-order valence-electron chi connectivity index (χ1n) is 10.1. The number of anilines is 1. The van der Waals surface area contributed by atoms with Crippen LogP contribution in [-0.4, -0.2) is 35.1 Å². The minimum Gasteiger partial charge on any atom is -0.493 e. The number of methoxy groups -OCH3 is 2. The first kappa shape index (κ1) is 24.4. The number of sulfonamides is 1. The minimum absolute atomic E-state index is 0.0747. The van der Waals surface area contributed by atoms with Gasteiger partial charge in [0.1, 0.15) is 6.54 Å². The van der Waals surface area contributed by atoms with Crippen molar-refractivity contribution in [1.29, 1.82) is 0 Å². The van der Waals surface area contributed by atoms with Gasteiger partial charge in [-0.1, -0.05) is 41.9 Å². The van der Waals surface area contributed by atoms with Crippen molar-refractivity contribution in [2.75, 3.05) is 25.1 Å². The van der Waals surface area contributed by atoms with E-state index in [1.807, 2.05) is 6.07 Å². The monoisotopic (exact) mass is 488 g/mol. The normalized spacial score (nSPS) is 12.0. The molecule has 3 aromatic rings. The number of benzene rings is 3. The van der Waals surface area contributed by atoms with Gasteiger partial charge < -0.3 is 14.8 Å². The summed E-state index contributed by atoms with van der Waals surface area (Å²) in [5.74, 6) is 0.626. The van der Waals surface area contributed by atoms with Crippen molar-refractivity contribution >= 4 is 33.2 Å². The van der Waals surface area contributed by atoms with Gasteiger partial charge in [0.05, 0.1) is 30.8 Å². The van der Waals surface area contributed by atoms with Crippen molar-refractivity contribution in [3.05, 3.63) is 83.4 Å². The van der Waals surface area contributed by atoms with E-state index in [-0.39, 0.29) is 4.90 Å². The Morgan fingerprint density at radius 2 is 1.67 bits per heavy atom. The Bertz CT molecular complexity index is 1220. The van der Waals surface area contributed by atoms with Crippen LogP contribution in [0.5, 0.6) is 11.5 Å². The van der Waals surface area contributed by atoms with E-state index < -0.39 is 28.5 Å². The Kier molecular flexibility index (Phi) is 7.84. The second kappa shape index (κ2) is 10.6. The number of carbonyl (C=O) groups is 1. The third-order valence-corrected chi connectivity index (χ3v) is 7.02. The molecule has 7 nitrogen and oxygen atoms in total. The van der Waals surface area contributed by atoms with E-state index in [1.165, 1.54) is 25.3 Å². The zero-order valence-electron chi connectivity index (χ0n) is 18.5. The molecule has 0 bridgehead atoms. The molecule has 0 aliphatic carbocycles. The van der Waals surface area contributed by atoms with Crippen LogP contribution in [0.2, 0.25) is 5.02 Å². The van der Waals surface area contributed by atoms with Crippen LogP contribution in [-0.2, 0) is 14.8 Å². The molecule has 3 rings (SSSR count). The summed E-state index contributed by atoms with van der Waals surface area (Å²) >= 11 is 6.10. The standard InChI is InChI=1S/C24H25ClN2O5S/c1-17(18-12-13-22(31-2)23(14-18)32-3)26-24(28)16-27(20-9-7-8-19(25)15-20)33(29,30)21-10-5-4-6-11-21/h4-15,17H,16H2,1-3H3,(H,26,28)/t17-/m0/s1. The predicted molar refractivity (Wildman–Crippen MR) is 129 cm³/mol. The van der Waals surface area contributed by atoms with Crippen LogP contribution in [0.1, 0.15) is 18.5 Å². The maximum Gasteiger partial charge on any atom is 0.264 e. The summed E-state index contributed by atoms with van der Waals surface area (Å²) in [6.07, 6.45) is 0. The van der Waals surface area contributed by atoms with E-state index in [0.717, 1.165) is 9.87 Å². The van der Waals surface area contributed by atoms with Gasteiger partial charge in [-0.2, -0.15) is 0 Å². The molecule has 1 amide bonds. The second-order valence-electron chi connectivity index (χ2n) is 7.21. The Labute approximate surface area is 198 Å². The molecule has 9 heteroatoms. The molecule has 0 aliphatic rings. The first-order chi connectivity index (χ1) is 15.8. The molecule has 1 N–H and O–H groups in total. The number of rotatable bonds is 9. The molecule has 0 saturated carbocycles. The molecule has 0 aliphatic heterocycles. The van der Waals surface area contributed by atoms with Crippen LogP contribution in [0.3, 0.4) is 0 Å². The van der Waals surface area contributed by atoms with Gasteiger partial charge in [0.15, 0.2) is 11.5 Å². The molecule has 0 unspecified atom stereocenters. The molecular weight excluding hydrogens is 464 g/mol. The van der Waals surface area contributed by atoms with E-state index in [9.17, 15) is 13.2 Å². The first-order valence-corrected chi connectivity index (χ1v) is 11.9.